The van der Waals surface area contributed by atoms with Crippen molar-refractivity contribution in [3.05, 3.63) is 70.0 Å². The quantitative estimate of drug-likeness (QED) is 0.630. The summed E-state index contributed by atoms with van der Waals surface area (Å²) in [6, 6.07) is 16.5. The molecule has 1 aliphatic heterocycles. The Labute approximate surface area is 187 Å². The predicted octanol–water partition coefficient (Wildman–Crippen LogP) is 4.01. The first-order chi connectivity index (χ1) is 14.8. The summed E-state index contributed by atoms with van der Waals surface area (Å²) in [6.45, 7) is 4.59. The number of carbonyl (C=O) groups excluding carboxylic acids is 1. The second-order valence-electron chi connectivity index (χ2n) is 7.74. The number of sulfonamides is 1. The molecule has 0 radical (unpaired) electrons. The first-order valence-electron chi connectivity index (χ1n) is 10.2. The van der Waals surface area contributed by atoms with E-state index < -0.39 is 10.0 Å². The molecule has 1 aliphatic rings. The smallest absolute Gasteiger partial charge is 0.263 e. The summed E-state index contributed by atoms with van der Waals surface area (Å²) in [5.74, 6) is -0.149. The summed E-state index contributed by atoms with van der Waals surface area (Å²) in [7, 11) is -3.51. The molecular weight excluding hydrogens is 430 g/mol. The highest BCUT2D eigenvalue weighted by atomic mass is 32.2. The van der Waals surface area contributed by atoms with Gasteiger partial charge in [0.05, 0.1) is 15.6 Å². The van der Waals surface area contributed by atoms with Crippen molar-refractivity contribution in [2.75, 3.05) is 13.1 Å². The molecule has 0 unspecified atom stereocenters. The molecule has 0 aliphatic carbocycles. The van der Waals surface area contributed by atoms with Crippen LogP contribution >= 0.6 is 11.3 Å². The van der Waals surface area contributed by atoms with Gasteiger partial charge in [0.1, 0.15) is 4.88 Å². The number of benzene rings is 2. The third-order valence-electron chi connectivity index (χ3n) is 5.44. The van der Waals surface area contributed by atoms with E-state index in [4.69, 9.17) is 0 Å². The Bertz CT molecular complexity index is 1160. The average Bonchev–Trinajstić information content (AvgIpc) is 3.17. The zero-order valence-electron chi connectivity index (χ0n) is 17.5. The average molecular weight is 456 g/mol. The van der Waals surface area contributed by atoms with Gasteiger partial charge in [0.2, 0.25) is 10.0 Å². The van der Waals surface area contributed by atoms with Crippen LogP contribution in [0.15, 0.2) is 59.5 Å². The number of hydrogen-bond donors (Lipinski definition) is 1. The number of aromatic nitrogens is 1. The maximum atomic E-state index is 13.0. The lowest BCUT2D eigenvalue weighted by Gasteiger charge is -2.31. The molecule has 0 spiro atoms. The van der Waals surface area contributed by atoms with E-state index in [2.05, 4.69) is 10.3 Å². The molecule has 2 aromatic carbocycles. The van der Waals surface area contributed by atoms with Crippen LogP contribution in [0.4, 0.5) is 0 Å². The number of piperidine rings is 1. The normalized spacial score (nSPS) is 15.7. The molecule has 1 amide bonds. The monoisotopic (exact) mass is 455 g/mol. The zero-order valence-corrected chi connectivity index (χ0v) is 19.2. The van der Waals surface area contributed by atoms with Crippen molar-refractivity contribution in [1.29, 1.82) is 0 Å². The van der Waals surface area contributed by atoms with Gasteiger partial charge in [0.15, 0.2) is 0 Å². The van der Waals surface area contributed by atoms with Gasteiger partial charge in [-0.25, -0.2) is 13.4 Å². The molecule has 162 valence electrons. The Morgan fingerprint density at radius 3 is 2.32 bits per heavy atom. The maximum Gasteiger partial charge on any atom is 0.263 e. The lowest BCUT2D eigenvalue weighted by Crippen LogP contribution is -2.46. The molecule has 31 heavy (non-hydrogen) atoms. The minimum atomic E-state index is -3.51. The van der Waals surface area contributed by atoms with Crippen molar-refractivity contribution in [3.8, 4) is 11.3 Å². The lowest BCUT2D eigenvalue weighted by molar-refractivity contribution is 0.0928. The summed E-state index contributed by atoms with van der Waals surface area (Å²) in [6.07, 6.45) is 1.16. The van der Waals surface area contributed by atoms with Crippen molar-refractivity contribution in [3.63, 3.8) is 0 Å². The zero-order chi connectivity index (χ0) is 22.0. The summed E-state index contributed by atoms with van der Waals surface area (Å²) in [5.41, 5.74) is 2.63. The van der Waals surface area contributed by atoms with Crippen LogP contribution in [0.2, 0.25) is 0 Å². The van der Waals surface area contributed by atoms with Gasteiger partial charge in [0, 0.05) is 24.7 Å². The first-order valence-corrected chi connectivity index (χ1v) is 12.5. The molecule has 2 heterocycles. The van der Waals surface area contributed by atoms with Crippen molar-refractivity contribution >= 4 is 27.3 Å². The topological polar surface area (TPSA) is 79.4 Å². The first kappa shape index (κ1) is 21.7. The second-order valence-corrected chi connectivity index (χ2v) is 10.9. The van der Waals surface area contributed by atoms with Crippen LogP contribution in [-0.4, -0.2) is 42.7 Å². The Morgan fingerprint density at radius 1 is 1.03 bits per heavy atom. The predicted molar refractivity (Wildman–Crippen MR) is 123 cm³/mol. The molecule has 8 heteroatoms. The number of aryl methyl sites for hydroxylation is 2. The summed E-state index contributed by atoms with van der Waals surface area (Å²) in [5, 5.41) is 3.92. The molecule has 4 rings (SSSR count). The molecule has 6 nitrogen and oxygen atoms in total. The van der Waals surface area contributed by atoms with Crippen LogP contribution in [0.1, 0.15) is 33.1 Å². The van der Waals surface area contributed by atoms with Crippen molar-refractivity contribution < 1.29 is 13.2 Å². The van der Waals surface area contributed by atoms with Gasteiger partial charge >= 0.3 is 0 Å². The highest BCUT2D eigenvalue weighted by Gasteiger charge is 2.30. The van der Waals surface area contributed by atoms with Crippen LogP contribution in [0.25, 0.3) is 11.3 Å². The Kier molecular flexibility index (Phi) is 6.22. The Morgan fingerprint density at radius 2 is 1.68 bits per heavy atom. The Balaban J connectivity index is 1.42. The highest BCUT2D eigenvalue weighted by molar-refractivity contribution is 7.89. The minimum Gasteiger partial charge on any atom is -0.348 e. The number of carbonyl (C=O) groups is 1. The molecule has 0 atom stereocenters. The fraction of sp³-hybridized carbons (Fsp3) is 0.304. The summed E-state index contributed by atoms with van der Waals surface area (Å²) < 4.78 is 27.3. The van der Waals surface area contributed by atoms with Crippen LogP contribution in [0.5, 0.6) is 0 Å². The third-order valence-corrected chi connectivity index (χ3v) is 8.32. The van der Waals surface area contributed by atoms with Gasteiger partial charge in [-0.3, -0.25) is 4.79 Å². The lowest BCUT2D eigenvalue weighted by atomic mass is 10.1. The van der Waals surface area contributed by atoms with Gasteiger partial charge < -0.3 is 5.32 Å². The number of thiazole rings is 1. The molecule has 1 N–H and O–H groups in total. The van der Waals surface area contributed by atoms with Gasteiger partial charge in [-0.05, 0) is 38.8 Å². The van der Waals surface area contributed by atoms with Crippen molar-refractivity contribution in [2.24, 2.45) is 0 Å². The fourth-order valence-electron chi connectivity index (χ4n) is 3.72. The van der Waals surface area contributed by atoms with E-state index >= 15 is 0 Å². The summed E-state index contributed by atoms with van der Waals surface area (Å²) >= 11 is 1.38. The van der Waals surface area contributed by atoms with E-state index in [0.29, 0.717) is 41.4 Å². The molecule has 3 aromatic rings. The van der Waals surface area contributed by atoms with E-state index in [9.17, 15) is 13.2 Å². The van der Waals surface area contributed by atoms with Crippen LogP contribution in [0, 0.1) is 13.8 Å². The van der Waals surface area contributed by atoms with E-state index in [-0.39, 0.29) is 11.9 Å². The van der Waals surface area contributed by atoms with Crippen LogP contribution in [0.3, 0.4) is 0 Å². The van der Waals surface area contributed by atoms with Crippen molar-refractivity contribution in [1.82, 2.24) is 14.6 Å². The molecule has 0 bridgehead atoms. The molecule has 1 saturated heterocycles. The standard InChI is InChI=1S/C23H25N3O3S2/c1-16-8-10-20(11-9-16)31(28,29)26-14-12-19(13-15-26)25-23(27)22-21(24-17(2)30-22)18-6-4-3-5-7-18/h3-11,19H,12-15H2,1-2H3,(H,25,27). The SMILES string of the molecule is Cc1ccc(S(=O)(=O)N2CCC(NC(=O)c3sc(C)nc3-c3ccccc3)CC2)cc1. The van der Waals surface area contributed by atoms with E-state index in [0.717, 1.165) is 16.1 Å². The minimum absolute atomic E-state index is 0.0667. The van der Waals surface area contributed by atoms with E-state index in [1.165, 1.54) is 15.6 Å². The maximum absolute atomic E-state index is 13.0. The molecular formula is C23H25N3O3S2. The number of rotatable bonds is 5. The number of hydrogen-bond acceptors (Lipinski definition) is 5. The van der Waals surface area contributed by atoms with Crippen LogP contribution in [-0.2, 0) is 10.0 Å². The molecule has 1 fully saturated rings. The van der Waals surface area contributed by atoms with E-state index in [1.54, 1.807) is 24.3 Å². The Hall–Kier alpha value is -2.55. The largest absolute Gasteiger partial charge is 0.348 e. The second kappa shape index (κ2) is 8.90. The summed E-state index contributed by atoms with van der Waals surface area (Å²) in [4.78, 5) is 18.4. The number of nitrogens with one attached hydrogen (secondary N) is 1. The van der Waals surface area contributed by atoms with Gasteiger partial charge in [-0.2, -0.15) is 4.31 Å². The van der Waals surface area contributed by atoms with Crippen molar-refractivity contribution in [2.45, 2.75) is 37.6 Å². The third kappa shape index (κ3) is 4.71. The number of nitrogens with zero attached hydrogens (tertiary/aromatic N) is 2. The number of amides is 1. The van der Waals surface area contributed by atoms with Gasteiger partial charge in [-0.15, -0.1) is 11.3 Å². The van der Waals surface area contributed by atoms with E-state index in [1.807, 2.05) is 44.2 Å². The molecule has 1 aromatic heterocycles. The highest BCUT2D eigenvalue weighted by Crippen LogP contribution is 2.28. The fourth-order valence-corrected chi connectivity index (χ4v) is 6.04. The van der Waals surface area contributed by atoms with Gasteiger partial charge in [-0.1, -0.05) is 48.0 Å². The van der Waals surface area contributed by atoms with Crippen LogP contribution < -0.4 is 5.32 Å². The van der Waals surface area contributed by atoms with Gasteiger partial charge in [0.25, 0.3) is 5.91 Å². The molecule has 0 saturated carbocycles.